The Bertz CT molecular complexity index is 10.0. The Balaban J connectivity index is 1.97. The van der Waals surface area contributed by atoms with Gasteiger partial charge in [0.25, 0.3) is 0 Å². The van der Waals surface area contributed by atoms with Gasteiger partial charge in [0.2, 0.25) is 0 Å². The van der Waals surface area contributed by atoms with Crippen molar-refractivity contribution in [3.05, 3.63) is 6.86 Å². The van der Waals surface area contributed by atoms with Crippen molar-refractivity contribution >= 4 is 10.5 Å². The SMILES string of the molecule is F[C]O[SiH3]. The highest BCUT2D eigenvalue weighted by Gasteiger charge is 1.63. The summed E-state index contributed by atoms with van der Waals surface area (Å²) in [4.78, 5) is 0. The van der Waals surface area contributed by atoms with Crippen molar-refractivity contribution in [3.63, 3.8) is 0 Å². The predicted molar refractivity (Wildman–Crippen MR) is 15.4 cm³/mol. The molecule has 0 bridgehead atoms. The quantitative estimate of drug-likeness (QED) is 0.375. The second kappa shape index (κ2) is 3.11. The van der Waals surface area contributed by atoms with Crippen LogP contribution < -0.4 is 0 Å². The van der Waals surface area contributed by atoms with E-state index in [9.17, 15) is 4.39 Å². The van der Waals surface area contributed by atoms with Crippen molar-refractivity contribution < 1.29 is 8.82 Å². The standard InChI is InChI=1S/CH3FOSi/c2-1-3-4/h4H3. The molecule has 0 aliphatic heterocycles. The van der Waals surface area contributed by atoms with Gasteiger partial charge in [-0.3, -0.25) is 0 Å². The van der Waals surface area contributed by atoms with Crippen molar-refractivity contribution in [1.29, 1.82) is 0 Å². The van der Waals surface area contributed by atoms with Crippen LogP contribution in [0.25, 0.3) is 0 Å². The van der Waals surface area contributed by atoms with Crippen molar-refractivity contribution in [1.82, 2.24) is 0 Å². The molecule has 0 N–H and O–H groups in total. The van der Waals surface area contributed by atoms with Gasteiger partial charge in [0, 0.05) is 0 Å². The molecular weight excluding hydrogens is 75.1 g/mol. The third kappa shape index (κ3) is 2.11. The summed E-state index contributed by atoms with van der Waals surface area (Å²) >= 11 is 0. The lowest BCUT2D eigenvalue weighted by Gasteiger charge is -1.68. The number of hydrogen-bond donors (Lipinski definition) is 0. The van der Waals surface area contributed by atoms with Crippen molar-refractivity contribution in [2.45, 2.75) is 0 Å². The van der Waals surface area contributed by atoms with Gasteiger partial charge < -0.3 is 4.43 Å². The van der Waals surface area contributed by atoms with E-state index < -0.39 is 0 Å². The van der Waals surface area contributed by atoms with E-state index in [1.165, 1.54) is 0 Å². The van der Waals surface area contributed by atoms with E-state index in [0.29, 0.717) is 10.5 Å². The largest absolute Gasteiger partial charge is 0.389 e. The number of halogens is 1. The zero-order chi connectivity index (χ0) is 3.41. The molecule has 4 heavy (non-hydrogen) atoms. The Hall–Kier alpha value is 0.107. The van der Waals surface area contributed by atoms with Crippen LogP contribution in [0.3, 0.4) is 0 Å². The fraction of sp³-hybridized carbons (Fsp3) is 0. The van der Waals surface area contributed by atoms with Gasteiger partial charge in [-0.2, -0.15) is 4.39 Å². The van der Waals surface area contributed by atoms with Crippen LogP contribution in [-0.2, 0) is 4.43 Å². The van der Waals surface area contributed by atoms with Crippen LogP contribution in [0.1, 0.15) is 0 Å². The molecule has 0 heterocycles. The summed E-state index contributed by atoms with van der Waals surface area (Å²) in [7, 11) is 0.404. The monoisotopic (exact) mass is 78.0 g/mol. The summed E-state index contributed by atoms with van der Waals surface area (Å²) in [5.41, 5.74) is 0. The molecule has 2 radical (unpaired) electrons. The number of rotatable bonds is 1. The average molecular weight is 78.1 g/mol. The van der Waals surface area contributed by atoms with Gasteiger partial charge in [0.1, 0.15) is 0 Å². The van der Waals surface area contributed by atoms with Crippen LogP contribution in [0.5, 0.6) is 0 Å². The van der Waals surface area contributed by atoms with E-state index in [1.807, 2.05) is 0 Å². The van der Waals surface area contributed by atoms with Gasteiger partial charge in [-0.15, -0.1) is 0 Å². The van der Waals surface area contributed by atoms with Crippen molar-refractivity contribution in [3.8, 4) is 0 Å². The molecule has 0 amide bonds. The van der Waals surface area contributed by atoms with E-state index in [0.717, 1.165) is 6.86 Å². The molecule has 0 aliphatic carbocycles. The Labute approximate surface area is 27.3 Å². The molecule has 0 fully saturated rings. The molecule has 24 valence electrons. The van der Waals surface area contributed by atoms with Crippen molar-refractivity contribution in [2.75, 3.05) is 0 Å². The number of hydrogen-bond acceptors (Lipinski definition) is 1. The van der Waals surface area contributed by atoms with E-state index in [2.05, 4.69) is 4.43 Å². The minimum Gasteiger partial charge on any atom is -0.389 e. The highest BCUT2D eigenvalue weighted by atomic mass is 28.2. The molecule has 0 spiro atoms. The van der Waals surface area contributed by atoms with E-state index in [4.69, 9.17) is 0 Å². The van der Waals surface area contributed by atoms with Crippen LogP contribution in [-0.4, -0.2) is 10.5 Å². The fourth-order valence-electron chi connectivity index (χ4n) is 0. The Morgan fingerprint density at radius 3 is 2.25 bits per heavy atom. The molecule has 0 saturated heterocycles. The summed E-state index contributed by atoms with van der Waals surface area (Å²) < 4.78 is 14.0. The first kappa shape index (κ1) is 4.11. The highest BCUT2D eigenvalue weighted by molar-refractivity contribution is 5.98. The molecular formula is CH3FOSi. The molecule has 3 heteroatoms. The summed E-state index contributed by atoms with van der Waals surface area (Å²) in [6.07, 6.45) is 0. The average Bonchev–Trinajstić information content (AvgIpc) is 1.37. The summed E-state index contributed by atoms with van der Waals surface area (Å²) in [5.74, 6) is 0. The summed E-state index contributed by atoms with van der Waals surface area (Å²) in [6, 6.07) is 0. The summed E-state index contributed by atoms with van der Waals surface area (Å²) in [5, 5.41) is 0. The Morgan fingerprint density at radius 1 is 2.00 bits per heavy atom. The van der Waals surface area contributed by atoms with E-state index >= 15 is 0 Å². The first-order chi connectivity index (χ1) is 1.91. The molecule has 0 aromatic rings. The van der Waals surface area contributed by atoms with Crippen molar-refractivity contribution in [2.24, 2.45) is 0 Å². The molecule has 0 unspecified atom stereocenters. The molecule has 0 aliphatic rings. The van der Waals surface area contributed by atoms with E-state index in [1.54, 1.807) is 0 Å². The van der Waals surface area contributed by atoms with Crippen LogP contribution in [0.15, 0.2) is 0 Å². The first-order valence-electron chi connectivity index (χ1n) is 0.801. The van der Waals surface area contributed by atoms with Crippen LogP contribution in [0.2, 0.25) is 0 Å². The molecule has 0 rings (SSSR count). The maximum Gasteiger partial charge on any atom is 0.328 e. The van der Waals surface area contributed by atoms with Gasteiger partial charge in [0.15, 0.2) is 10.5 Å². The zero-order valence-corrected chi connectivity index (χ0v) is 4.29. The molecule has 0 saturated carbocycles. The maximum absolute atomic E-state index is 10.3. The van der Waals surface area contributed by atoms with Gasteiger partial charge in [-0.05, 0) is 0 Å². The molecule has 0 atom stereocenters. The van der Waals surface area contributed by atoms with Crippen LogP contribution >= 0.6 is 0 Å². The van der Waals surface area contributed by atoms with E-state index in [-0.39, 0.29) is 0 Å². The minimum atomic E-state index is 0.404. The normalized spacial score (nSPS) is 8.25. The third-order valence-electron chi connectivity index (χ3n) is 0.0772. The maximum atomic E-state index is 10.3. The zero-order valence-electron chi connectivity index (χ0n) is 2.29. The topological polar surface area (TPSA) is 9.23 Å². The lowest BCUT2D eigenvalue weighted by atomic mass is 11.6. The summed E-state index contributed by atoms with van der Waals surface area (Å²) in [6.45, 7) is 0.992. The second-order valence-corrected chi connectivity index (χ2v) is 0.690. The Morgan fingerprint density at radius 2 is 2.25 bits per heavy atom. The molecule has 1 nitrogen and oxygen atoms in total. The second-order valence-electron chi connectivity index (χ2n) is 0.281. The lowest BCUT2D eigenvalue weighted by molar-refractivity contribution is 0.309. The Kier molecular flexibility index (Phi) is 3.19. The lowest BCUT2D eigenvalue weighted by Crippen LogP contribution is -1.65. The smallest absolute Gasteiger partial charge is 0.328 e. The van der Waals surface area contributed by atoms with Gasteiger partial charge in [-0.1, -0.05) is 0 Å². The first-order valence-corrected chi connectivity index (χ1v) is 1.62. The molecule has 0 aromatic carbocycles. The minimum absolute atomic E-state index is 0.404. The van der Waals surface area contributed by atoms with Gasteiger partial charge in [0.05, 0.1) is 0 Å². The van der Waals surface area contributed by atoms with Crippen LogP contribution in [0, 0.1) is 6.86 Å². The van der Waals surface area contributed by atoms with Crippen LogP contribution in [0.4, 0.5) is 4.39 Å². The van der Waals surface area contributed by atoms with Gasteiger partial charge >= 0.3 is 6.86 Å². The highest BCUT2D eigenvalue weighted by Crippen LogP contribution is 1.68. The van der Waals surface area contributed by atoms with Gasteiger partial charge in [-0.25, -0.2) is 0 Å². The fourth-order valence-corrected chi connectivity index (χ4v) is 0. The third-order valence-corrected chi connectivity index (χ3v) is 0.231. The predicted octanol–water partition coefficient (Wildman–Crippen LogP) is -0.751. The molecule has 0 aromatic heterocycles.